The van der Waals surface area contributed by atoms with Crippen LogP contribution in [-0.2, 0) is 57.3 Å². The number of alkyl halides is 3. The standard InChI is InChI=1S/3C18H15P.C11H20P.2C7H8.CHF3O3S.CO.Au.Ir/c3*1-4-10-16(11-5-1)19(17-12-6-2-7-13-17)18-14-8-3-9-15-18;1-11(2,3)9-12-10-7-5-4-6-8-10;2*1-7-5-3-2-4-6-7;2-1(3,4)8(5,6)7;1-2;;/h3*1-15H;10H,4-8H2,1-3H3;2*2-6H,1H3;(H,5,6,7);;;/q;;;-1;;;;;+1;/p-1. The van der Waals surface area contributed by atoms with Crippen LogP contribution in [0.1, 0.15) is 64.0 Å². The Kier molecular flexibility index (Phi) is 40.9. The van der Waals surface area contributed by atoms with E-state index in [2.05, 4.69) is 344 Å². The van der Waals surface area contributed by atoms with Crippen molar-refractivity contribution in [3.05, 3.63) is 351 Å². The Balaban J connectivity index is 0.000000297. The van der Waals surface area contributed by atoms with Crippen molar-refractivity contribution in [3.8, 4) is 0 Å². The second-order valence-corrected chi connectivity index (χ2v) is 31.3. The second kappa shape index (κ2) is 46.8. The first-order valence-electron chi connectivity index (χ1n) is 30.6. The second-order valence-electron chi connectivity index (χ2n) is 22.0. The van der Waals surface area contributed by atoms with Crippen molar-refractivity contribution in [2.45, 2.75) is 77.9 Å². The molecule has 0 spiro atoms. The smallest absolute Gasteiger partial charge is 0 e. The Bertz CT molecular complexity index is 3250. The summed E-state index contributed by atoms with van der Waals surface area (Å²) in [6, 6.07) is 118. The summed E-state index contributed by atoms with van der Waals surface area (Å²) in [6.45, 7) is 15.4. The summed E-state index contributed by atoms with van der Waals surface area (Å²) in [5.74, 6) is 3.56. The molecule has 1 aliphatic rings. The van der Waals surface area contributed by atoms with Gasteiger partial charge in [-0.25, -0.2) is 8.42 Å². The maximum atomic E-state index is 10.7. The van der Waals surface area contributed by atoms with Gasteiger partial charge < -0.3 is 18.6 Å². The summed E-state index contributed by atoms with van der Waals surface area (Å²) >= 11 is 0. The molecule has 0 atom stereocenters. The van der Waals surface area contributed by atoms with Crippen LogP contribution in [0.4, 0.5) is 13.2 Å². The molecule has 497 valence electrons. The van der Waals surface area contributed by atoms with Crippen LogP contribution < -0.4 is 47.7 Å². The summed E-state index contributed by atoms with van der Waals surface area (Å²) in [5, 5.41) is 12.6. The van der Waals surface area contributed by atoms with E-state index in [1.807, 2.05) is 36.4 Å². The van der Waals surface area contributed by atoms with Gasteiger partial charge in [-0.1, -0.05) is 385 Å². The summed E-state index contributed by atoms with van der Waals surface area (Å²) in [5.41, 5.74) is -1.78. The minimum absolute atomic E-state index is 0. The molecule has 0 unspecified atom stereocenters. The Labute approximate surface area is 598 Å². The Morgan fingerprint density at radius 1 is 0.379 bits per heavy atom. The Morgan fingerprint density at radius 2 is 0.537 bits per heavy atom. The van der Waals surface area contributed by atoms with E-state index >= 15 is 0 Å². The zero-order valence-corrected chi connectivity index (χ0v) is 62.9. The maximum absolute atomic E-state index is 10.7. The van der Waals surface area contributed by atoms with Gasteiger partial charge in [-0.3, -0.25) is 0 Å². The SMILES string of the molecule is CC(C)(C)[C-]=PC1CCCCC1.Cc1ccccc1.Cc1ccccc1.O=S(=O)([O-])C(F)(F)F.[Au+].[C-]#[O+].[Ir].c1ccc(P(c2ccccc2)c2ccccc2)cc1.c1ccc(P(c2ccccc2)c2ccccc2)cc1.c1ccc(P(c2ccccc2)c2ccccc2)cc1. The molecule has 0 aromatic heterocycles. The van der Waals surface area contributed by atoms with Crippen LogP contribution in [0, 0.1) is 25.9 Å². The van der Waals surface area contributed by atoms with Crippen LogP contribution >= 0.6 is 32.0 Å². The van der Waals surface area contributed by atoms with Gasteiger partial charge in [0.25, 0.3) is 0 Å². The molecule has 14 heteroatoms. The molecule has 11 aromatic carbocycles. The summed E-state index contributed by atoms with van der Waals surface area (Å²) < 4.78 is 66.4. The molecular weight excluding hydrogens is 1640 g/mol. The van der Waals surface area contributed by atoms with E-state index in [9.17, 15) is 13.2 Å². The van der Waals surface area contributed by atoms with E-state index in [4.69, 9.17) is 17.6 Å². The van der Waals surface area contributed by atoms with Gasteiger partial charge in [0, 0.05) is 20.1 Å². The summed E-state index contributed by atoms with van der Waals surface area (Å²) in [6.07, 6.45) is 7.23. The van der Waals surface area contributed by atoms with Crippen LogP contribution in [0.5, 0.6) is 0 Å². The minimum atomic E-state index is -6.09. The molecule has 0 amide bonds. The van der Waals surface area contributed by atoms with Crippen molar-refractivity contribution in [1.29, 1.82) is 0 Å². The molecule has 95 heavy (non-hydrogen) atoms. The predicted octanol–water partition coefficient (Wildman–Crippen LogP) is 18.3. The zero-order chi connectivity index (χ0) is 67.0. The maximum Gasteiger partial charge on any atom is 0 e. The number of benzene rings is 11. The third-order valence-electron chi connectivity index (χ3n) is 13.5. The third kappa shape index (κ3) is 32.5. The van der Waals surface area contributed by atoms with E-state index in [-0.39, 0.29) is 42.5 Å². The van der Waals surface area contributed by atoms with Crippen LogP contribution in [0.3, 0.4) is 0 Å². The van der Waals surface area contributed by atoms with Gasteiger partial charge in [-0.05, 0) is 104 Å². The van der Waals surface area contributed by atoms with Crippen LogP contribution in [-0.4, -0.2) is 29.9 Å². The Morgan fingerprint density at radius 3 is 0.663 bits per heavy atom. The molecule has 0 heterocycles. The number of rotatable bonds is 10. The average molecular weight is 1720 g/mol. The van der Waals surface area contributed by atoms with Crippen molar-refractivity contribution in [2.75, 3.05) is 0 Å². The number of hydrogen-bond acceptors (Lipinski definition) is 3. The van der Waals surface area contributed by atoms with Crippen LogP contribution in [0.25, 0.3) is 0 Å². The molecule has 0 bridgehead atoms. The van der Waals surface area contributed by atoms with Crippen molar-refractivity contribution in [3.63, 3.8) is 0 Å². The fraction of sp³-hybridized carbons (Fsp3) is 0.160. The van der Waals surface area contributed by atoms with Gasteiger partial charge >= 0.3 is 39.2 Å². The topological polar surface area (TPSA) is 77.1 Å². The number of halogens is 3. The van der Waals surface area contributed by atoms with Crippen LogP contribution in [0.15, 0.2) is 334 Å². The third-order valence-corrected chi connectivity index (χ3v) is 23.0. The van der Waals surface area contributed by atoms with Gasteiger partial charge in [0.2, 0.25) is 0 Å². The minimum Gasteiger partial charge on any atom is -0.0622 e. The van der Waals surface area contributed by atoms with Crippen molar-refractivity contribution < 1.29 is 73.3 Å². The van der Waals surface area contributed by atoms with Gasteiger partial charge in [-0.15, -0.1) is 0 Å². The number of hydrogen-bond donors (Lipinski definition) is 0. The molecule has 1 radical (unpaired) electrons. The predicted molar refractivity (Wildman–Crippen MR) is 396 cm³/mol. The molecule has 4 nitrogen and oxygen atoms in total. The molecule has 1 fully saturated rings. The molecule has 0 N–H and O–H groups in total. The molecule has 1 aliphatic carbocycles. The molecule has 0 aliphatic heterocycles. The number of aryl methyl sites for hydroxylation is 2. The first-order chi connectivity index (χ1) is 45.0. The summed E-state index contributed by atoms with van der Waals surface area (Å²) in [4.78, 5) is 0. The van der Waals surface area contributed by atoms with Gasteiger partial charge in [-0.2, -0.15) is 18.6 Å². The van der Waals surface area contributed by atoms with E-state index in [0.29, 0.717) is 5.41 Å². The molecule has 11 aromatic rings. The van der Waals surface area contributed by atoms with E-state index < -0.39 is 39.4 Å². The van der Waals surface area contributed by atoms with Gasteiger partial charge in [0.05, 0.1) is 0 Å². The van der Waals surface area contributed by atoms with Crippen molar-refractivity contribution in [1.82, 2.24) is 0 Å². The summed E-state index contributed by atoms with van der Waals surface area (Å²) in [7, 11) is -5.96. The average Bonchev–Trinajstić information content (AvgIpc) is 0.877. The van der Waals surface area contributed by atoms with Crippen LogP contribution in [0.2, 0.25) is 0 Å². The molecule has 12 rings (SSSR count). The largest absolute Gasteiger partial charge is 0.0622 e. The first kappa shape index (κ1) is 82.9. The quantitative estimate of drug-likeness (QED) is 0.0342. The molecular formula is C81H81AuF3IrO4P4S-. The fourth-order valence-electron chi connectivity index (χ4n) is 9.10. The molecule has 0 saturated heterocycles. The van der Waals surface area contributed by atoms with Crippen molar-refractivity contribution in [2.24, 2.45) is 5.41 Å². The normalized spacial score (nSPS) is 11.6. The van der Waals surface area contributed by atoms with E-state index in [1.165, 1.54) is 99.2 Å². The Hall–Kier alpha value is -6.29. The van der Waals surface area contributed by atoms with E-state index in [0.717, 1.165) is 5.66 Å². The van der Waals surface area contributed by atoms with Gasteiger partial charge in [0.15, 0.2) is 10.1 Å². The monoisotopic (exact) mass is 1720 g/mol. The zero-order valence-electron chi connectivity index (χ0n) is 54.0. The van der Waals surface area contributed by atoms with E-state index in [1.54, 1.807) is 0 Å². The fourth-order valence-corrected chi connectivity index (χ4v) is 17.2. The first-order valence-corrected chi connectivity index (χ1v) is 37.0. The molecule has 1 saturated carbocycles. The van der Waals surface area contributed by atoms with Gasteiger partial charge in [0.1, 0.15) is 0 Å². The van der Waals surface area contributed by atoms with Crippen molar-refractivity contribution >= 4 is 95.6 Å².